The van der Waals surface area contributed by atoms with Gasteiger partial charge in [-0.2, -0.15) is 0 Å². The van der Waals surface area contributed by atoms with Gasteiger partial charge in [-0.3, -0.25) is 4.79 Å². The Morgan fingerprint density at radius 3 is 2.95 bits per heavy atom. The van der Waals surface area contributed by atoms with E-state index in [2.05, 4.69) is 11.0 Å². The van der Waals surface area contributed by atoms with Crippen LogP contribution in [0.15, 0.2) is 6.07 Å². The van der Waals surface area contributed by atoms with Crippen LogP contribution in [0.2, 0.25) is 0 Å². The number of hydrogen-bond donors (Lipinski definition) is 0. The summed E-state index contributed by atoms with van der Waals surface area (Å²) in [5.41, 5.74) is 1.73. The molecule has 0 atom stereocenters. The third-order valence-corrected chi connectivity index (χ3v) is 6.20. The lowest BCUT2D eigenvalue weighted by atomic mass is 9.68. The molecule has 0 aromatic carbocycles. The van der Waals surface area contributed by atoms with E-state index in [4.69, 9.17) is 4.74 Å². The van der Waals surface area contributed by atoms with Gasteiger partial charge >= 0.3 is 0 Å². The van der Waals surface area contributed by atoms with Gasteiger partial charge in [-0.25, -0.2) is 0 Å². The van der Waals surface area contributed by atoms with Crippen molar-refractivity contribution in [2.75, 3.05) is 19.7 Å². The highest BCUT2D eigenvalue weighted by atomic mass is 32.1. The highest BCUT2D eigenvalue weighted by molar-refractivity contribution is 7.14. The Balaban J connectivity index is 1.52. The molecule has 19 heavy (non-hydrogen) atoms. The number of nitrogens with zero attached hydrogens (tertiary/aromatic N) is 1. The lowest BCUT2D eigenvalue weighted by Gasteiger charge is -2.37. The molecule has 4 heteroatoms. The van der Waals surface area contributed by atoms with Crippen LogP contribution in [0.5, 0.6) is 0 Å². The highest BCUT2D eigenvalue weighted by Crippen LogP contribution is 2.48. The largest absolute Gasteiger partial charge is 0.376 e. The van der Waals surface area contributed by atoms with Crippen molar-refractivity contribution in [3.05, 3.63) is 21.4 Å². The smallest absolute Gasteiger partial charge is 0.263 e. The average molecular weight is 277 g/mol. The minimum absolute atomic E-state index is 0.253. The molecule has 1 aliphatic carbocycles. The van der Waals surface area contributed by atoms with E-state index in [1.165, 1.54) is 36.1 Å². The van der Waals surface area contributed by atoms with Gasteiger partial charge in [0.2, 0.25) is 0 Å². The number of rotatable bonds is 1. The Morgan fingerprint density at radius 2 is 2.26 bits per heavy atom. The second-order valence-electron chi connectivity index (χ2n) is 6.19. The van der Waals surface area contributed by atoms with Crippen molar-refractivity contribution in [2.45, 2.75) is 38.7 Å². The number of thiophene rings is 1. The van der Waals surface area contributed by atoms with E-state index in [1.807, 2.05) is 0 Å². The number of fused-ring (bicyclic) bond motifs is 1. The van der Waals surface area contributed by atoms with Crippen molar-refractivity contribution >= 4 is 17.2 Å². The normalized spacial score (nSPS) is 24.3. The van der Waals surface area contributed by atoms with Gasteiger partial charge in [0.1, 0.15) is 0 Å². The summed E-state index contributed by atoms with van der Waals surface area (Å²) < 4.78 is 5.46. The fourth-order valence-corrected chi connectivity index (χ4v) is 4.72. The maximum atomic E-state index is 12.6. The maximum absolute atomic E-state index is 12.6. The Kier molecular flexibility index (Phi) is 2.71. The van der Waals surface area contributed by atoms with Crippen LogP contribution >= 0.6 is 11.3 Å². The van der Waals surface area contributed by atoms with E-state index in [0.29, 0.717) is 12.0 Å². The summed E-state index contributed by atoms with van der Waals surface area (Å²) in [4.78, 5) is 16.9. The van der Waals surface area contributed by atoms with Gasteiger partial charge in [0.15, 0.2) is 0 Å². The molecule has 0 radical (unpaired) electrons. The van der Waals surface area contributed by atoms with Gasteiger partial charge in [0.25, 0.3) is 5.91 Å². The molecule has 3 aliphatic rings. The summed E-state index contributed by atoms with van der Waals surface area (Å²) in [5.74, 6) is 0.253. The summed E-state index contributed by atoms with van der Waals surface area (Å²) in [6, 6.07) is 2.06. The lowest BCUT2D eigenvalue weighted by molar-refractivity contribution is 0.0736. The summed E-state index contributed by atoms with van der Waals surface area (Å²) >= 11 is 1.68. The molecule has 2 fully saturated rings. The zero-order valence-corrected chi connectivity index (χ0v) is 11.9. The molecule has 1 saturated heterocycles. The fraction of sp³-hybridized carbons (Fsp3) is 0.667. The van der Waals surface area contributed by atoms with Gasteiger partial charge in [0.05, 0.1) is 18.1 Å². The molecule has 1 amide bonds. The van der Waals surface area contributed by atoms with Gasteiger partial charge in [-0.15, -0.1) is 11.3 Å². The first-order chi connectivity index (χ1) is 9.26. The van der Waals surface area contributed by atoms with Gasteiger partial charge in [-0.05, 0) is 36.3 Å². The van der Waals surface area contributed by atoms with Crippen molar-refractivity contribution in [1.82, 2.24) is 4.90 Å². The summed E-state index contributed by atoms with van der Waals surface area (Å²) in [6.45, 7) is 3.43. The average Bonchev–Trinajstić information content (AvgIpc) is 3.01. The molecule has 4 rings (SSSR count). The SMILES string of the molecule is O=C(c1cc2c(s1)CCOC2)N1CCC2(CCC2)C1. The molecule has 1 saturated carbocycles. The lowest BCUT2D eigenvalue weighted by Crippen LogP contribution is -2.35. The predicted molar refractivity (Wildman–Crippen MR) is 74.5 cm³/mol. The number of carbonyl (C=O) groups is 1. The number of amides is 1. The van der Waals surface area contributed by atoms with Crippen molar-refractivity contribution in [3.63, 3.8) is 0 Å². The van der Waals surface area contributed by atoms with Crippen LogP contribution in [0, 0.1) is 5.41 Å². The summed E-state index contributed by atoms with van der Waals surface area (Å²) in [6.07, 6.45) is 6.19. The molecule has 102 valence electrons. The van der Waals surface area contributed by atoms with Crippen LogP contribution in [0.25, 0.3) is 0 Å². The molecule has 0 bridgehead atoms. The topological polar surface area (TPSA) is 29.5 Å². The zero-order chi connectivity index (χ0) is 12.9. The van der Waals surface area contributed by atoms with Crippen LogP contribution in [0.3, 0.4) is 0 Å². The van der Waals surface area contributed by atoms with Crippen LogP contribution in [-0.4, -0.2) is 30.5 Å². The molecule has 1 spiro atoms. The van der Waals surface area contributed by atoms with E-state index in [1.54, 1.807) is 11.3 Å². The predicted octanol–water partition coefficient (Wildman–Crippen LogP) is 2.84. The number of hydrogen-bond acceptors (Lipinski definition) is 3. The Hall–Kier alpha value is -0.870. The first-order valence-electron chi connectivity index (χ1n) is 7.24. The second-order valence-corrected chi connectivity index (χ2v) is 7.33. The fourth-order valence-electron chi connectivity index (χ4n) is 3.60. The Bertz CT molecular complexity index is 495. The van der Waals surface area contributed by atoms with Gasteiger partial charge < -0.3 is 9.64 Å². The second kappa shape index (κ2) is 4.32. The molecule has 1 aromatic rings. The van der Waals surface area contributed by atoms with Crippen molar-refractivity contribution in [3.8, 4) is 0 Å². The molecule has 3 nitrogen and oxygen atoms in total. The quantitative estimate of drug-likeness (QED) is 0.790. The summed E-state index contributed by atoms with van der Waals surface area (Å²) in [7, 11) is 0. The van der Waals surface area contributed by atoms with E-state index >= 15 is 0 Å². The molecule has 3 heterocycles. The summed E-state index contributed by atoms with van der Waals surface area (Å²) in [5, 5.41) is 0. The minimum atomic E-state index is 0.253. The van der Waals surface area contributed by atoms with Gasteiger partial charge in [0, 0.05) is 24.4 Å². The number of likely N-dealkylation sites (tertiary alicyclic amines) is 1. The monoisotopic (exact) mass is 277 g/mol. The number of ether oxygens (including phenoxy) is 1. The third-order valence-electron chi connectivity index (χ3n) is 4.98. The standard InChI is InChI=1S/C15H19NO2S/c17-14(16-6-5-15(10-16)3-1-4-15)13-8-11-9-18-7-2-12(11)19-13/h8H,1-7,9-10H2. The minimum Gasteiger partial charge on any atom is -0.376 e. The molecule has 0 N–H and O–H groups in total. The van der Waals surface area contributed by atoms with E-state index in [0.717, 1.165) is 31.0 Å². The van der Waals surface area contributed by atoms with Crippen molar-refractivity contribution in [1.29, 1.82) is 0 Å². The highest BCUT2D eigenvalue weighted by Gasteiger charge is 2.44. The Morgan fingerprint density at radius 1 is 1.37 bits per heavy atom. The first-order valence-corrected chi connectivity index (χ1v) is 8.06. The molecule has 2 aliphatic heterocycles. The molecular weight excluding hydrogens is 258 g/mol. The van der Waals surface area contributed by atoms with E-state index in [-0.39, 0.29) is 5.91 Å². The van der Waals surface area contributed by atoms with E-state index < -0.39 is 0 Å². The van der Waals surface area contributed by atoms with E-state index in [9.17, 15) is 4.79 Å². The molecule has 1 aromatic heterocycles. The van der Waals surface area contributed by atoms with Crippen molar-refractivity contribution in [2.24, 2.45) is 5.41 Å². The van der Waals surface area contributed by atoms with Gasteiger partial charge in [-0.1, -0.05) is 6.42 Å². The molecular formula is C15H19NO2S. The molecule has 0 unspecified atom stereocenters. The first kappa shape index (κ1) is 11.9. The maximum Gasteiger partial charge on any atom is 0.263 e. The third kappa shape index (κ3) is 1.93. The van der Waals surface area contributed by atoms with Crippen molar-refractivity contribution < 1.29 is 9.53 Å². The van der Waals surface area contributed by atoms with Crippen LogP contribution < -0.4 is 0 Å². The van der Waals surface area contributed by atoms with Crippen LogP contribution in [0.4, 0.5) is 0 Å². The zero-order valence-electron chi connectivity index (χ0n) is 11.1. The Labute approximate surface area is 117 Å². The van der Waals surface area contributed by atoms with Crippen LogP contribution in [0.1, 0.15) is 45.8 Å². The number of carbonyl (C=O) groups excluding carboxylic acids is 1. The van der Waals surface area contributed by atoms with Crippen LogP contribution in [-0.2, 0) is 17.8 Å².